The van der Waals surface area contributed by atoms with Crippen LogP contribution < -0.4 is 10.6 Å². The van der Waals surface area contributed by atoms with Crippen molar-refractivity contribution in [2.75, 3.05) is 17.7 Å². The Labute approximate surface area is 162 Å². The van der Waals surface area contributed by atoms with Gasteiger partial charge < -0.3 is 15.4 Å². The quantitative estimate of drug-likeness (QED) is 0.640. The van der Waals surface area contributed by atoms with Gasteiger partial charge in [0.25, 0.3) is 5.91 Å². The van der Waals surface area contributed by atoms with Gasteiger partial charge in [0, 0.05) is 6.54 Å². The molecule has 0 bridgehead atoms. The summed E-state index contributed by atoms with van der Waals surface area (Å²) in [7, 11) is 1.29. The Hall–Kier alpha value is -3.74. The van der Waals surface area contributed by atoms with E-state index in [9.17, 15) is 9.59 Å². The number of aromatic nitrogens is 2. The summed E-state index contributed by atoms with van der Waals surface area (Å²) in [5.74, 6) is -0.431. The lowest BCUT2D eigenvalue weighted by Crippen LogP contribution is -2.17. The molecule has 2 aromatic carbocycles. The summed E-state index contributed by atoms with van der Waals surface area (Å²) >= 11 is 0. The van der Waals surface area contributed by atoms with Crippen molar-refractivity contribution >= 4 is 23.4 Å². The second-order valence-electron chi connectivity index (χ2n) is 6.12. The van der Waals surface area contributed by atoms with Gasteiger partial charge >= 0.3 is 5.97 Å². The van der Waals surface area contributed by atoms with Crippen molar-refractivity contribution in [2.45, 2.75) is 13.5 Å². The number of aryl methyl sites for hydroxylation is 1. The first kappa shape index (κ1) is 19.0. The summed E-state index contributed by atoms with van der Waals surface area (Å²) in [6.07, 6.45) is 2.88. The third-order valence-electron chi connectivity index (χ3n) is 4.02. The van der Waals surface area contributed by atoms with E-state index in [0.29, 0.717) is 18.1 Å². The maximum absolute atomic E-state index is 12.4. The van der Waals surface area contributed by atoms with Gasteiger partial charge in [-0.25, -0.2) is 14.8 Å². The molecule has 1 heterocycles. The number of carbonyl (C=O) groups is 2. The fourth-order valence-corrected chi connectivity index (χ4v) is 2.62. The molecule has 2 N–H and O–H groups in total. The zero-order valence-electron chi connectivity index (χ0n) is 15.6. The first-order valence-electron chi connectivity index (χ1n) is 8.67. The van der Waals surface area contributed by atoms with Crippen LogP contribution in [0.5, 0.6) is 0 Å². The maximum Gasteiger partial charge on any atom is 0.339 e. The summed E-state index contributed by atoms with van der Waals surface area (Å²) in [6.45, 7) is 2.64. The first-order valence-corrected chi connectivity index (χ1v) is 8.67. The molecule has 1 amide bonds. The monoisotopic (exact) mass is 376 g/mol. The number of esters is 1. The Morgan fingerprint density at radius 3 is 2.57 bits per heavy atom. The SMILES string of the molecule is COC(=O)c1ccccc1NC(=O)c1cnc(NCc2cccc(C)c2)cn1. The Bertz CT molecular complexity index is 987. The largest absolute Gasteiger partial charge is 0.465 e. The summed E-state index contributed by atoms with van der Waals surface area (Å²) in [6, 6.07) is 14.7. The lowest BCUT2D eigenvalue weighted by molar-refractivity contribution is 0.0602. The van der Waals surface area contributed by atoms with Crippen molar-refractivity contribution in [1.82, 2.24) is 9.97 Å². The number of anilines is 2. The highest BCUT2D eigenvalue weighted by molar-refractivity contribution is 6.06. The number of amides is 1. The van der Waals surface area contributed by atoms with E-state index in [4.69, 9.17) is 4.74 Å². The van der Waals surface area contributed by atoms with Crippen LogP contribution >= 0.6 is 0 Å². The van der Waals surface area contributed by atoms with Crippen molar-refractivity contribution in [2.24, 2.45) is 0 Å². The van der Waals surface area contributed by atoms with Gasteiger partial charge in [0.05, 0.1) is 30.8 Å². The van der Waals surface area contributed by atoms with Gasteiger partial charge in [0.1, 0.15) is 11.5 Å². The Kier molecular flexibility index (Phi) is 5.96. The van der Waals surface area contributed by atoms with Crippen molar-refractivity contribution in [3.8, 4) is 0 Å². The van der Waals surface area contributed by atoms with E-state index >= 15 is 0 Å². The highest BCUT2D eigenvalue weighted by atomic mass is 16.5. The molecule has 0 aliphatic carbocycles. The molecule has 0 radical (unpaired) electrons. The van der Waals surface area contributed by atoms with Gasteiger partial charge in [-0.1, -0.05) is 42.0 Å². The predicted molar refractivity (Wildman–Crippen MR) is 106 cm³/mol. The molecular formula is C21H20N4O3. The lowest BCUT2D eigenvalue weighted by atomic mass is 10.1. The van der Waals surface area contributed by atoms with Crippen LogP contribution in [0.1, 0.15) is 32.0 Å². The summed E-state index contributed by atoms with van der Waals surface area (Å²) in [5.41, 5.74) is 3.07. The van der Waals surface area contributed by atoms with Crippen LogP contribution in [0.3, 0.4) is 0 Å². The number of rotatable bonds is 6. The van der Waals surface area contributed by atoms with Crippen molar-refractivity contribution in [1.29, 1.82) is 0 Å². The molecular weight excluding hydrogens is 356 g/mol. The zero-order chi connectivity index (χ0) is 19.9. The van der Waals surface area contributed by atoms with Gasteiger partial charge in [-0.05, 0) is 24.6 Å². The van der Waals surface area contributed by atoms with E-state index in [1.807, 2.05) is 25.1 Å². The third-order valence-corrected chi connectivity index (χ3v) is 4.02. The molecule has 0 aliphatic rings. The number of hydrogen-bond acceptors (Lipinski definition) is 6. The molecule has 142 valence electrons. The van der Waals surface area contributed by atoms with Crippen LogP contribution in [0.25, 0.3) is 0 Å². The van der Waals surface area contributed by atoms with Gasteiger partial charge in [-0.2, -0.15) is 0 Å². The average molecular weight is 376 g/mol. The smallest absolute Gasteiger partial charge is 0.339 e. The predicted octanol–water partition coefficient (Wildman–Crippen LogP) is 3.44. The molecule has 0 saturated heterocycles. The van der Waals surface area contributed by atoms with Crippen LogP contribution in [-0.2, 0) is 11.3 Å². The Morgan fingerprint density at radius 2 is 1.86 bits per heavy atom. The van der Waals surface area contributed by atoms with Crippen LogP contribution in [0.4, 0.5) is 11.5 Å². The number of methoxy groups -OCH3 is 1. The molecule has 1 aromatic heterocycles. The molecule has 7 heteroatoms. The van der Waals surface area contributed by atoms with E-state index in [-0.39, 0.29) is 11.3 Å². The zero-order valence-corrected chi connectivity index (χ0v) is 15.6. The lowest BCUT2D eigenvalue weighted by Gasteiger charge is -2.10. The Morgan fingerprint density at radius 1 is 1.04 bits per heavy atom. The normalized spacial score (nSPS) is 10.2. The minimum atomic E-state index is -0.530. The van der Waals surface area contributed by atoms with Crippen LogP contribution in [0, 0.1) is 6.92 Å². The summed E-state index contributed by atoms with van der Waals surface area (Å²) < 4.78 is 4.72. The molecule has 0 atom stereocenters. The molecule has 28 heavy (non-hydrogen) atoms. The fourth-order valence-electron chi connectivity index (χ4n) is 2.62. The van der Waals surface area contributed by atoms with E-state index in [2.05, 4.69) is 26.7 Å². The van der Waals surface area contributed by atoms with Crippen LogP contribution in [0.15, 0.2) is 60.9 Å². The number of benzene rings is 2. The number of hydrogen-bond donors (Lipinski definition) is 2. The molecule has 0 spiro atoms. The number of ether oxygens (including phenoxy) is 1. The van der Waals surface area contributed by atoms with Gasteiger partial charge in [-0.15, -0.1) is 0 Å². The number of nitrogens with one attached hydrogen (secondary N) is 2. The minimum Gasteiger partial charge on any atom is -0.465 e. The molecule has 3 aromatic rings. The third kappa shape index (κ3) is 4.70. The van der Waals surface area contributed by atoms with E-state index in [1.54, 1.807) is 24.3 Å². The van der Waals surface area contributed by atoms with E-state index in [0.717, 1.165) is 5.56 Å². The second-order valence-corrected chi connectivity index (χ2v) is 6.12. The number of para-hydroxylation sites is 1. The molecule has 0 aliphatic heterocycles. The van der Waals surface area contributed by atoms with E-state index in [1.165, 1.54) is 25.1 Å². The molecule has 7 nitrogen and oxygen atoms in total. The standard InChI is InChI=1S/C21H20N4O3/c1-14-6-5-7-15(10-14)11-23-19-13-22-18(12-24-19)20(26)25-17-9-4-3-8-16(17)21(27)28-2/h3-10,12-13H,11H2,1-2H3,(H,23,24)(H,25,26). The average Bonchev–Trinajstić information content (AvgIpc) is 2.72. The van der Waals surface area contributed by atoms with Crippen LogP contribution in [-0.4, -0.2) is 29.0 Å². The summed E-state index contributed by atoms with van der Waals surface area (Å²) in [5, 5.41) is 5.83. The minimum absolute atomic E-state index is 0.140. The highest BCUT2D eigenvalue weighted by Crippen LogP contribution is 2.17. The fraction of sp³-hybridized carbons (Fsp3) is 0.143. The highest BCUT2D eigenvalue weighted by Gasteiger charge is 2.15. The van der Waals surface area contributed by atoms with Crippen LogP contribution in [0.2, 0.25) is 0 Å². The van der Waals surface area contributed by atoms with E-state index < -0.39 is 11.9 Å². The van der Waals surface area contributed by atoms with Crippen molar-refractivity contribution in [3.05, 3.63) is 83.3 Å². The summed E-state index contributed by atoms with van der Waals surface area (Å²) in [4.78, 5) is 32.6. The molecule has 0 unspecified atom stereocenters. The van der Waals surface area contributed by atoms with Gasteiger partial charge in [0.2, 0.25) is 0 Å². The molecule has 3 rings (SSSR count). The number of carbonyl (C=O) groups excluding carboxylic acids is 2. The van der Waals surface area contributed by atoms with Gasteiger partial charge in [-0.3, -0.25) is 4.79 Å². The Balaban J connectivity index is 1.65. The van der Waals surface area contributed by atoms with Gasteiger partial charge in [0.15, 0.2) is 0 Å². The number of nitrogens with zero attached hydrogens (tertiary/aromatic N) is 2. The molecule has 0 fully saturated rings. The maximum atomic E-state index is 12.4. The molecule has 0 saturated carbocycles. The second kappa shape index (κ2) is 8.77. The first-order chi connectivity index (χ1) is 13.6. The van der Waals surface area contributed by atoms with Crippen molar-refractivity contribution in [3.63, 3.8) is 0 Å². The topological polar surface area (TPSA) is 93.2 Å². The van der Waals surface area contributed by atoms with Crippen molar-refractivity contribution < 1.29 is 14.3 Å².